The van der Waals surface area contributed by atoms with Gasteiger partial charge < -0.3 is 5.32 Å². The van der Waals surface area contributed by atoms with E-state index in [1.54, 1.807) is 0 Å². The van der Waals surface area contributed by atoms with Crippen molar-refractivity contribution in [3.8, 4) is 0 Å². The first kappa shape index (κ1) is 10.2. The van der Waals surface area contributed by atoms with Crippen molar-refractivity contribution in [2.45, 2.75) is 45.6 Å². The van der Waals surface area contributed by atoms with E-state index < -0.39 is 0 Å². The van der Waals surface area contributed by atoms with Crippen LogP contribution in [0.1, 0.15) is 39.5 Å². The summed E-state index contributed by atoms with van der Waals surface area (Å²) in [7, 11) is 0. The molecule has 1 aliphatic rings. The van der Waals surface area contributed by atoms with Crippen LogP contribution < -0.4 is 5.32 Å². The highest BCUT2D eigenvalue weighted by Crippen LogP contribution is 2.33. The minimum absolute atomic E-state index is 0.0228. The van der Waals surface area contributed by atoms with Gasteiger partial charge in [0.15, 0.2) is 0 Å². The van der Waals surface area contributed by atoms with Crippen LogP contribution in [0.4, 0.5) is 0 Å². The lowest BCUT2D eigenvalue weighted by Crippen LogP contribution is -2.33. The Morgan fingerprint density at radius 2 is 2.08 bits per heavy atom. The van der Waals surface area contributed by atoms with Gasteiger partial charge in [-0.1, -0.05) is 12.8 Å². The number of hydrogen-bond donors (Lipinski definition) is 1. The first-order valence-electron chi connectivity index (χ1n) is 4.86. The molecule has 1 atom stereocenters. The van der Waals surface area contributed by atoms with Crippen LogP contribution in [0.3, 0.4) is 0 Å². The summed E-state index contributed by atoms with van der Waals surface area (Å²) in [5, 5.41) is 2.82. The Balaban J connectivity index is 2.13. The fourth-order valence-electron chi connectivity index (χ4n) is 1.46. The second-order valence-electron chi connectivity index (χ2n) is 4.03. The van der Waals surface area contributed by atoms with Crippen LogP contribution in [0.5, 0.6) is 0 Å². The number of nitrogens with one attached hydrogen (secondary N) is 1. The average Bonchev–Trinajstić information content (AvgIpc) is 2.67. The summed E-state index contributed by atoms with van der Waals surface area (Å²) < 4.78 is 0. The van der Waals surface area contributed by atoms with E-state index >= 15 is 0 Å². The molecule has 0 saturated heterocycles. The molecule has 0 aromatic carbocycles. The third-order valence-corrected chi connectivity index (χ3v) is 2.20. The number of amides is 1. The summed E-state index contributed by atoms with van der Waals surface area (Å²) >= 11 is 0. The van der Waals surface area contributed by atoms with E-state index in [1.165, 1.54) is 19.8 Å². The van der Waals surface area contributed by atoms with Crippen molar-refractivity contribution >= 4 is 11.7 Å². The molecule has 3 nitrogen and oxygen atoms in total. The largest absolute Gasteiger partial charge is 0.353 e. The molecule has 1 rings (SSSR count). The highest BCUT2D eigenvalue weighted by Gasteiger charge is 2.24. The first-order valence-corrected chi connectivity index (χ1v) is 4.86. The first-order chi connectivity index (χ1) is 6.08. The van der Waals surface area contributed by atoms with E-state index in [-0.39, 0.29) is 24.2 Å². The van der Waals surface area contributed by atoms with Crippen LogP contribution in [-0.2, 0) is 9.59 Å². The molecular weight excluding hydrogens is 166 g/mol. The van der Waals surface area contributed by atoms with Gasteiger partial charge in [-0.15, -0.1) is 0 Å². The zero-order chi connectivity index (χ0) is 9.84. The number of carbonyl (C=O) groups is 2. The third-order valence-electron chi connectivity index (χ3n) is 2.20. The topological polar surface area (TPSA) is 46.2 Å². The SMILES string of the molecule is CC(=O)CC(=O)NC(C)CC1CC1. The summed E-state index contributed by atoms with van der Waals surface area (Å²) in [6.45, 7) is 3.43. The van der Waals surface area contributed by atoms with E-state index in [0.717, 1.165) is 12.3 Å². The molecule has 0 aromatic heterocycles. The van der Waals surface area contributed by atoms with Crippen LogP contribution in [0, 0.1) is 5.92 Å². The molecule has 0 radical (unpaired) electrons. The van der Waals surface area contributed by atoms with E-state index in [2.05, 4.69) is 5.32 Å². The zero-order valence-electron chi connectivity index (χ0n) is 8.30. The molecule has 74 valence electrons. The van der Waals surface area contributed by atoms with Crippen molar-refractivity contribution in [3.63, 3.8) is 0 Å². The predicted molar refractivity (Wildman–Crippen MR) is 50.2 cm³/mol. The summed E-state index contributed by atoms with van der Waals surface area (Å²) in [5.41, 5.74) is 0. The lowest BCUT2D eigenvalue weighted by Gasteiger charge is -2.12. The molecule has 0 heterocycles. The minimum atomic E-state index is -0.138. The number of ketones is 1. The van der Waals surface area contributed by atoms with Gasteiger partial charge in [0.25, 0.3) is 0 Å². The summed E-state index contributed by atoms with van der Waals surface area (Å²) in [6.07, 6.45) is 3.68. The van der Waals surface area contributed by atoms with Gasteiger partial charge in [-0.3, -0.25) is 9.59 Å². The highest BCUT2D eigenvalue weighted by molar-refractivity contribution is 5.96. The predicted octanol–water partition coefficient (Wildman–Crippen LogP) is 1.27. The molecular formula is C10H17NO2. The standard InChI is InChI=1S/C10H17NO2/c1-7(5-9-3-4-9)11-10(13)6-8(2)12/h7,9H,3-6H2,1-2H3,(H,11,13). The van der Waals surface area contributed by atoms with E-state index in [4.69, 9.17) is 0 Å². The van der Waals surface area contributed by atoms with Crippen LogP contribution in [0.15, 0.2) is 0 Å². The van der Waals surface area contributed by atoms with Crippen molar-refractivity contribution < 1.29 is 9.59 Å². The van der Waals surface area contributed by atoms with Crippen molar-refractivity contribution in [2.75, 3.05) is 0 Å². The van der Waals surface area contributed by atoms with Gasteiger partial charge in [-0.05, 0) is 26.2 Å². The van der Waals surface area contributed by atoms with Crippen LogP contribution in [0.2, 0.25) is 0 Å². The molecule has 13 heavy (non-hydrogen) atoms. The van der Waals surface area contributed by atoms with E-state index in [1.807, 2.05) is 6.92 Å². The monoisotopic (exact) mass is 183 g/mol. The second kappa shape index (κ2) is 4.40. The number of carbonyl (C=O) groups excluding carboxylic acids is 2. The maximum Gasteiger partial charge on any atom is 0.227 e. The Labute approximate surface area is 78.9 Å². The number of rotatable bonds is 5. The van der Waals surface area contributed by atoms with Gasteiger partial charge in [-0.25, -0.2) is 0 Å². The summed E-state index contributed by atoms with van der Waals surface area (Å²) in [4.78, 5) is 21.7. The van der Waals surface area contributed by atoms with Gasteiger partial charge in [-0.2, -0.15) is 0 Å². The Hall–Kier alpha value is -0.860. The molecule has 0 aromatic rings. The molecule has 1 amide bonds. The van der Waals surface area contributed by atoms with Gasteiger partial charge in [0, 0.05) is 6.04 Å². The zero-order valence-corrected chi connectivity index (χ0v) is 8.30. The normalized spacial score (nSPS) is 18.0. The van der Waals surface area contributed by atoms with Gasteiger partial charge in [0.1, 0.15) is 5.78 Å². The van der Waals surface area contributed by atoms with Gasteiger partial charge in [0.05, 0.1) is 6.42 Å². The van der Waals surface area contributed by atoms with Gasteiger partial charge in [0.2, 0.25) is 5.91 Å². The summed E-state index contributed by atoms with van der Waals surface area (Å²) in [5.74, 6) is 0.601. The quantitative estimate of drug-likeness (QED) is 0.652. The molecule has 0 spiro atoms. The molecule has 0 bridgehead atoms. The Bertz CT molecular complexity index is 209. The Morgan fingerprint density at radius 3 is 2.54 bits per heavy atom. The van der Waals surface area contributed by atoms with Crippen molar-refractivity contribution in [3.05, 3.63) is 0 Å². The molecule has 3 heteroatoms. The average molecular weight is 183 g/mol. The van der Waals surface area contributed by atoms with Crippen LogP contribution >= 0.6 is 0 Å². The fourth-order valence-corrected chi connectivity index (χ4v) is 1.46. The number of Topliss-reactive ketones (excluding diaryl/α,β-unsaturated/α-hetero) is 1. The Kier molecular flexibility index (Phi) is 3.46. The summed E-state index contributed by atoms with van der Waals surface area (Å²) in [6, 6.07) is 0.222. The maximum absolute atomic E-state index is 11.1. The highest BCUT2D eigenvalue weighted by atomic mass is 16.2. The lowest BCUT2D eigenvalue weighted by atomic mass is 10.1. The lowest BCUT2D eigenvalue weighted by molar-refractivity contribution is -0.127. The van der Waals surface area contributed by atoms with Crippen molar-refractivity contribution in [1.82, 2.24) is 5.32 Å². The van der Waals surface area contributed by atoms with Gasteiger partial charge >= 0.3 is 0 Å². The maximum atomic E-state index is 11.1. The Morgan fingerprint density at radius 1 is 1.46 bits per heavy atom. The molecule has 1 aliphatic carbocycles. The van der Waals surface area contributed by atoms with Crippen LogP contribution in [0.25, 0.3) is 0 Å². The minimum Gasteiger partial charge on any atom is -0.353 e. The van der Waals surface area contributed by atoms with E-state index in [9.17, 15) is 9.59 Å². The second-order valence-corrected chi connectivity index (χ2v) is 4.03. The third kappa shape index (κ3) is 4.65. The van der Waals surface area contributed by atoms with Crippen molar-refractivity contribution in [1.29, 1.82) is 0 Å². The molecule has 1 saturated carbocycles. The smallest absolute Gasteiger partial charge is 0.227 e. The molecule has 1 unspecified atom stereocenters. The van der Waals surface area contributed by atoms with E-state index in [0.29, 0.717) is 0 Å². The molecule has 1 fully saturated rings. The number of hydrogen-bond acceptors (Lipinski definition) is 2. The molecule has 1 N–H and O–H groups in total. The fraction of sp³-hybridized carbons (Fsp3) is 0.800. The van der Waals surface area contributed by atoms with Crippen LogP contribution in [-0.4, -0.2) is 17.7 Å². The van der Waals surface area contributed by atoms with Crippen molar-refractivity contribution in [2.24, 2.45) is 5.92 Å². The molecule has 0 aliphatic heterocycles.